The van der Waals surface area contributed by atoms with Crippen LogP contribution in [-0.2, 0) is 13.0 Å². The minimum atomic E-state index is -0.675. The monoisotopic (exact) mass is 394 g/mol. The van der Waals surface area contributed by atoms with Crippen LogP contribution >= 0.6 is 22.9 Å². The predicted molar refractivity (Wildman–Crippen MR) is 95.6 cm³/mol. The Morgan fingerprint density at radius 1 is 1.19 bits per heavy atom. The summed E-state index contributed by atoms with van der Waals surface area (Å²) in [6.07, 6.45) is 0.367. The third-order valence-corrected chi connectivity index (χ3v) is 4.70. The summed E-state index contributed by atoms with van der Waals surface area (Å²) in [5.41, 5.74) is 6.81. The Hall–Kier alpha value is -2.51. The number of rotatable bonds is 6. The summed E-state index contributed by atoms with van der Waals surface area (Å²) in [6, 6.07) is 8.34. The standard InChI is InChI=1S/C18H13ClF2N2O2S/c19-12-2-4-16(25-8-10-1-3-13(20)7-15(10)21)11(5-12)6-14-9-26-18(23-14)17(22)24/h1-5,7,9H,6,8H2,(H2,22,24). The Kier molecular flexibility index (Phi) is 5.49. The third kappa shape index (κ3) is 4.36. The van der Waals surface area contributed by atoms with Gasteiger partial charge >= 0.3 is 0 Å². The second-order valence-corrected chi connectivity index (χ2v) is 6.76. The lowest BCUT2D eigenvalue weighted by Crippen LogP contribution is -2.10. The van der Waals surface area contributed by atoms with Gasteiger partial charge in [-0.25, -0.2) is 13.8 Å². The molecule has 3 rings (SSSR count). The second kappa shape index (κ2) is 7.80. The summed E-state index contributed by atoms with van der Waals surface area (Å²) in [6.45, 7) is -0.0651. The Morgan fingerprint density at radius 2 is 2.00 bits per heavy atom. The van der Waals surface area contributed by atoms with Gasteiger partial charge in [0.2, 0.25) is 0 Å². The normalized spacial score (nSPS) is 10.7. The molecule has 1 aromatic heterocycles. The van der Waals surface area contributed by atoms with Crippen LogP contribution in [0.4, 0.5) is 8.78 Å². The minimum absolute atomic E-state index is 0.0651. The fourth-order valence-electron chi connectivity index (χ4n) is 2.32. The van der Waals surface area contributed by atoms with Gasteiger partial charge in [-0.05, 0) is 30.3 Å². The number of amides is 1. The summed E-state index contributed by atoms with van der Waals surface area (Å²) in [5, 5.41) is 2.45. The molecule has 134 valence electrons. The smallest absolute Gasteiger partial charge is 0.277 e. The number of hydrogen-bond donors (Lipinski definition) is 1. The van der Waals surface area contributed by atoms with Crippen LogP contribution in [0, 0.1) is 11.6 Å². The van der Waals surface area contributed by atoms with E-state index in [-0.39, 0.29) is 17.2 Å². The number of benzene rings is 2. The Balaban J connectivity index is 1.79. The van der Waals surface area contributed by atoms with E-state index in [0.717, 1.165) is 23.0 Å². The van der Waals surface area contributed by atoms with Gasteiger partial charge in [0, 0.05) is 34.0 Å². The van der Waals surface area contributed by atoms with Crippen LogP contribution in [-0.4, -0.2) is 10.9 Å². The average molecular weight is 395 g/mol. The number of hydrogen-bond acceptors (Lipinski definition) is 4. The van der Waals surface area contributed by atoms with Crippen LogP contribution in [0.1, 0.15) is 26.6 Å². The molecule has 2 aromatic carbocycles. The maximum atomic E-state index is 13.7. The highest BCUT2D eigenvalue weighted by Gasteiger charge is 2.12. The number of thiazole rings is 1. The van der Waals surface area contributed by atoms with E-state index in [1.165, 1.54) is 12.1 Å². The van der Waals surface area contributed by atoms with Crippen molar-refractivity contribution in [2.45, 2.75) is 13.0 Å². The van der Waals surface area contributed by atoms with Crippen LogP contribution in [0.3, 0.4) is 0 Å². The minimum Gasteiger partial charge on any atom is -0.489 e. The van der Waals surface area contributed by atoms with E-state index in [4.69, 9.17) is 22.1 Å². The van der Waals surface area contributed by atoms with Crippen molar-refractivity contribution in [2.24, 2.45) is 5.73 Å². The molecule has 0 spiro atoms. The zero-order valence-electron chi connectivity index (χ0n) is 13.3. The van der Waals surface area contributed by atoms with Gasteiger partial charge in [-0.1, -0.05) is 11.6 Å². The van der Waals surface area contributed by atoms with Crippen LogP contribution in [0.2, 0.25) is 5.02 Å². The van der Waals surface area contributed by atoms with Crippen molar-refractivity contribution in [3.63, 3.8) is 0 Å². The molecule has 0 saturated heterocycles. The van der Waals surface area contributed by atoms with Crippen LogP contribution < -0.4 is 10.5 Å². The van der Waals surface area contributed by atoms with E-state index >= 15 is 0 Å². The van der Waals surface area contributed by atoms with Crippen molar-refractivity contribution >= 4 is 28.8 Å². The molecule has 0 fully saturated rings. The molecule has 1 amide bonds. The second-order valence-electron chi connectivity index (χ2n) is 5.46. The summed E-state index contributed by atoms with van der Waals surface area (Å²) in [7, 11) is 0. The average Bonchev–Trinajstić information content (AvgIpc) is 3.04. The fourth-order valence-corrected chi connectivity index (χ4v) is 3.18. The molecule has 4 nitrogen and oxygen atoms in total. The molecule has 3 aromatic rings. The van der Waals surface area contributed by atoms with E-state index in [1.807, 2.05) is 0 Å². The SMILES string of the molecule is NC(=O)c1nc(Cc2cc(Cl)ccc2OCc2ccc(F)cc2F)cs1. The molecule has 0 bridgehead atoms. The van der Waals surface area contributed by atoms with Crippen LogP contribution in [0.5, 0.6) is 5.75 Å². The zero-order valence-corrected chi connectivity index (χ0v) is 14.9. The summed E-state index contributed by atoms with van der Waals surface area (Å²) in [5.74, 6) is -1.42. The van der Waals surface area contributed by atoms with Gasteiger partial charge in [0.25, 0.3) is 5.91 Å². The first-order valence-corrected chi connectivity index (χ1v) is 8.77. The maximum absolute atomic E-state index is 13.7. The Labute approximate surface area is 157 Å². The van der Waals surface area contributed by atoms with Crippen molar-refractivity contribution in [2.75, 3.05) is 0 Å². The molecule has 1 heterocycles. The van der Waals surface area contributed by atoms with Crippen LogP contribution in [0.15, 0.2) is 41.8 Å². The number of nitrogens with zero attached hydrogens (tertiary/aromatic N) is 1. The summed E-state index contributed by atoms with van der Waals surface area (Å²) in [4.78, 5) is 15.3. The van der Waals surface area contributed by atoms with Gasteiger partial charge in [-0.2, -0.15) is 0 Å². The zero-order chi connectivity index (χ0) is 18.7. The van der Waals surface area contributed by atoms with Crippen molar-refractivity contribution in [3.8, 4) is 5.75 Å². The number of halogens is 3. The predicted octanol–water partition coefficient (Wildman–Crippen LogP) is 4.34. The van der Waals surface area contributed by atoms with Crippen LogP contribution in [0.25, 0.3) is 0 Å². The molecular weight excluding hydrogens is 382 g/mol. The number of primary amides is 1. The van der Waals surface area contributed by atoms with E-state index < -0.39 is 17.5 Å². The third-order valence-electron chi connectivity index (χ3n) is 3.55. The van der Waals surface area contributed by atoms with E-state index in [2.05, 4.69) is 4.98 Å². The number of ether oxygens (including phenoxy) is 1. The van der Waals surface area contributed by atoms with Gasteiger partial charge in [-0.15, -0.1) is 11.3 Å². The highest BCUT2D eigenvalue weighted by molar-refractivity contribution is 7.11. The summed E-state index contributed by atoms with van der Waals surface area (Å²) >= 11 is 7.21. The largest absolute Gasteiger partial charge is 0.489 e. The quantitative estimate of drug-likeness (QED) is 0.676. The Bertz CT molecular complexity index is 962. The molecule has 26 heavy (non-hydrogen) atoms. The lowest BCUT2D eigenvalue weighted by molar-refractivity contribution is 0.0999. The lowest BCUT2D eigenvalue weighted by Gasteiger charge is -2.12. The first-order valence-electron chi connectivity index (χ1n) is 7.51. The van der Waals surface area contributed by atoms with Crippen molar-refractivity contribution in [3.05, 3.63) is 80.3 Å². The van der Waals surface area contributed by atoms with Gasteiger partial charge < -0.3 is 10.5 Å². The molecule has 0 atom stereocenters. The molecule has 0 unspecified atom stereocenters. The molecule has 0 saturated carbocycles. The maximum Gasteiger partial charge on any atom is 0.277 e. The first-order chi connectivity index (χ1) is 12.4. The van der Waals surface area contributed by atoms with Gasteiger partial charge in [0.05, 0.1) is 5.69 Å². The van der Waals surface area contributed by atoms with Gasteiger partial charge in [0.15, 0.2) is 5.01 Å². The van der Waals surface area contributed by atoms with Gasteiger partial charge in [-0.3, -0.25) is 4.79 Å². The molecule has 2 N–H and O–H groups in total. The summed E-state index contributed by atoms with van der Waals surface area (Å²) < 4.78 is 32.4. The fraction of sp³-hybridized carbons (Fsp3) is 0.111. The first kappa shape index (κ1) is 18.3. The van der Waals surface area contributed by atoms with E-state index in [0.29, 0.717) is 22.9 Å². The molecule has 8 heteroatoms. The van der Waals surface area contributed by atoms with E-state index in [1.54, 1.807) is 23.6 Å². The van der Waals surface area contributed by atoms with Crippen molar-refractivity contribution < 1.29 is 18.3 Å². The molecule has 0 aliphatic rings. The molecule has 0 aliphatic heterocycles. The Morgan fingerprint density at radius 3 is 2.69 bits per heavy atom. The highest BCUT2D eigenvalue weighted by atomic mass is 35.5. The number of aromatic nitrogens is 1. The number of carbonyl (C=O) groups excluding carboxylic acids is 1. The van der Waals surface area contributed by atoms with Crippen molar-refractivity contribution in [1.29, 1.82) is 0 Å². The highest BCUT2D eigenvalue weighted by Crippen LogP contribution is 2.27. The molecule has 0 radical (unpaired) electrons. The lowest BCUT2D eigenvalue weighted by atomic mass is 10.1. The molecular formula is C18H13ClF2N2O2S. The molecule has 0 aliphatic carbocycles. The van der Waals surface area contributed by atoms with Crippen molar-refractivity contribution in [1.82, 2.24) is 4.98 Å². The topological polar surface area (TPSA) is 65.2 Å². The number of carbonyl (C=O) groups is 1. The van der Waals surface area contributed by atoms with Gasteiger partial charge in [0.1, 0.15) is 24.0 Å². The number of nitrogens with two attached hydrogens (primary N) is 1. The van der Waals surface area contributed by atoms with E-state index in [9.17, 15) is 13.6 Å².